The topological polar surface area (TPSA) is 91.2 Å². The Bertz CT molecular complexity index is 611. The van der Waals surface area contributed by atoms with Crippen molar-refractivity contribution in [2.75, 3.05) is 5.73 Å². The predicted molar refractivity (Wildman–Crippen MR) is 72.7 cm³/mol. The number of nitrogens with zero attached hydrogens (tertiary/aromatic N) is 1. The molecule has 0 fully saturated rings. The van der Waals surface area contributed by atoms with Crippen LogP contribution in [0.3, 0.4) is 0 Å². The molecule has 19 heavy (non-hydrogen) atoms. The molecule has 0 atom stereocenters. The Balaban J connectivity index is 2.17. The van der Waals surface area contributed by atoms with Crippen LogP contribution < -0.4 is 16.2 Å². The summed E-state index contributed by atoms with van der Waals surface area (Å²) in [4.78, 5) is 15.4. The predicted octanol–water partition coefficient (Wildman–Crippen LogP) is 1.65. The van der Waals surface area contributed by atoms with E-state index in [2.05, 4.69) is 4.98 Å². The summed E-state index contributed by atoms with van der Waals surface area (Å²) in [7, 11) is 0. The van der Waals surface area contributed by atoms with Gasteiger partial charge in [-0.1, -0.05) is 18.2 Å². The van der Waals surface area contributed by atoms with Gasteiger partial charge in [0.15, 0.2) is 11.6 Å². The highest BCUT2D eigenvalue weighted by Crippen LogP contribution is 2.21. The van der Waals surface area contributed by atoms with Crippen molar-refractivity contribution >= 4 is 11.7 Å². The minimum atomic E-state index is -0.478. The normalized spacial score (nSPS) is 10.2. The van der Waals surface area contributed by atoms with Crippen molar-refractivity contribution in [1.29, 1.82) is 0 Å². The zero-order valence-corrected chi connectivity index (χ0v) is 10.6. The minimum absolute atomic E-state index is 0.216. The summed E-state index contributed by atoms with van der Waals surface area (Å²) >= 11 is 0. The number of ether oxygens (including phenoxy) is 1. The van der Waals surface area contributed by atoms with Gasteiger partial charge in [0, 0.05) is 16.8 Å². The molecule has 1 aromatic heterocycles. The fraction of sp³-hybridized carbons (Fsp3) is 0.143. The van der Waals surface area contributed by atoms with E-state index in [9.17, 15) is 4.79 Å². The van der Waals surface area contributed by atoms with E-state index >= 15 is 0 Å². The number of aryl methyl sites for hydroxylation is 1. The Labute approximate surface area is 111 Å². The quantitative estimate of drug-likeness (QED) is 0.871. The van der Waals surface area contributed by atoms with Gasteiger partial charge in [0.2, 0.25) is 5.91 Å². The smallest absolute Gasteiger partial charge is 0.249 e. The number of carbonyl (C=O) groups is 1. The van der Waals surface area contributed by atoms with Gasteiger partial charge in [-0.05, 0) is 25.1 Å². The lowest BCUT2D eigenvalue weighted by atomic mass is 10.1. The van der Waals surface area contributed by atoms with Crippen LogP contribution in [0, 0.1) is 6.92 Å². The zero-order chi connectivity index (χ0) is 13.8. The zero-order valence-electron chi connectivity index (χ0n) is 10.6. The first-order valence-corrected chi connectivity index (χ1v) is 5.81. The highest BCUT2D eigenvalue weighted by atomic mass is 16.5. The molecule has 1 aromatic carbocycles. The molecule has 5 nitrogen and oxygen atoms in total. The Morgan fingerprint density at radius 1 is 1.26 bits per heavy atom. The molecule has 0 saturated heterocycles. The molecule has 5 heteroatoms. The van der Waals surface area contributed by atoms with Crippen molar-refractivity contribution in [3.63, 3.8) is 0 Å². The van der Waals surface area contributed by atoms with E-state index in [1.165, 1.54) is 0 Å². The number of primary amides is 1. The fourth-order valence-electron chi connectivity index (χ4n) is 1.73. The third-order valence-electron chi connectivity index (χ3n) is 2.69. The molecule has 1 amide bonds. The molecular weight excluding hydrogens is 242 g/mol. The maximum absolute atomic E-state index is 11.3. The molecule has 0 unspecified atom stereocenters. The van der Waals surface area contributed by atoms with Gasteiger partial charge in [0.05, 0.1) is 0 Å². The van der Waals surface area contributed by atoms with Gasteiger partial charge in [-0.3, -0.25) is 4.79 Å². The van der Waals surface area contributed by atoms with Crippen LogP contribution >= 0.6 is 0 Å². The van der Waals surface area contributed by atoms with Crippen LogP contribution in [0.25, 0.3) is 0 Å². The third-order valence-corrected chi connectivity index (χ3v) is 2.69. The molecular formula is C14H15N3O2. The van der Waals surface area contributed by atoms with E-state index in [1.807, 2.05) is 19.1 Å². The number of hydrogen-bond acceptors (Lipinski definition) is 4. The highest BCUT2D eigenvalue weighted by Gasteiger charge is 2.09. The summed E-state index contributed by atoms with van der Waals surface area (Å²) in [6, 6.07) is 10.6. The van der Waals surface area contributed by atoms with E-state index < -0.39 is 5.91 Å². The number of hydrogen-bond donors (Lipinski definition) is 2. The lowest BCUT2D eigenvalue weighted by molar-refractivity contribution is 0.0998. The van der Waals surface area contributed by atoms with Gasteiger partial charge in [0.1, 0.15) is 6.61 Å². The molecule has 98 valence electrons. The largest absolute Gasteiger partial charge is 0.485 e. The van der Waals surface area contributed by atoms with Gasteiger partial charge in [-0.25, -0.2) is 4.98 Å². The number of nitrogens with two attached hydrogens (primary N) is 2. The third kappa shape index (κ3) is 3.01. The fourth-order valence-corrected chi connectivity index (χ4v) is 1.73. The number of rotatable bonds is 4. The van der Waals surface area contributed by atoms with Crippen LogP contribution in [0.2, 0.25) is 0 Å². The first-order valence-electron chi connectivity index (χ1n) is 5.81. The van der Waals surface area contributed by atoms with Crippen molar-refractivity contribution in [2.24, 2.45) is 5.73 Å². The SMILES string of the molecule is Cc1ccc(OCc2ccccc2C(N)=O)c(N)n1. The summed E-state index contributed by atoms with van der Waals surface area (Å²) in [6.45, 7) is 2.07. The Kier molecular flexibility index (Phi) is 3.66. The maximum atomic E-state index is 11.3. The molecule has 0 saturated carbocycles. The highest BCUT2D eigenvalue weighted by molar-refractivity contribution is 5.94. The van der Waals surface area contributed by atoms with Crippen LogP contribution in [-0.2, 0) is 6.61 Å². The monoisotopic (exact) mass is 257 g/mol. The van der Waals surface area contributed by atoms with Crippen molar-refractivity contribution in [3.05, 3.63) is 53.2 Å². The lowest BCUT2D eigenvalue weighted by Crippen LogP contribution is -2.14. The number of pyridine rings is 1. The Morgan fingerprint density at radius 2 is 2.00 bits per heavy atom. The number of nitrogen functional groups attached to an aromatic ring is 1. The van der Waals surface area contributed by atoms with Gasteiger partial charge >= 0.3 is 0 Å². The van der Waals surface area contributed by atoms with Crippen molar-refractivity contribution in [3.8, 4) is 5.75 Å². The van der Waals surface area contributed by atoms with Crippen molar-refractivity contribution in [1.82, 2.24) is 4.98 Å². The second-order valence-electron chi connectivity index (χ2n) is 4.15. The molecule has 4 N–H and O–H groups in total. The van der Waals surface area contributed by atoms with Gasteiger partial charge in [0.25, 0.3) is 0 Å². The molecule has 0 aliphatic rings. The van der Waals surface area contributed by atoms with Crippen LogP contribution in [0.1, 0.15) is 21.6 Å². The molecule has 0 radical (unpaired) electrons. The van der Waals surface area contributed by atoms with E-state index in [0.29, 0.717) is 17.1 Å². The van der Waals surface area contributed by atoms with Crippen LogP contribution in [-0.4, -0.2) is 10.9 Å². The lowest BCUT2D eigenvalue weighted by Gasteiger charge is -2.10. The standard InChI is InChI=1S/C14H15N3O2/c1-9-6-7-12(13(15)17-9)19-8-10-4-2-3-5-11(10)14(16)18/h2-7H,8H2,1H3,(H2,15,17)(H2,16,18). The molecule has 2 aromatic rings. The number of aromatic nitrogens is 1. The van der Waals surface area contributed by atoms with E-state index in [0.717, 1.165) is 11.3 Å². The summed E-state index contributed by atoms with van der Waals surface area (Å²) < 4.78 is 5.57. The first kappa shape index (κ1) is 12.9. The van der Waals surface area contributed by atoms with Crippen molar-refractivity contribution < 1.29 is 9.53 Å². The molecule has 0 aliphatic carbocycles. The average molecular weight is 257 g/mol. The van der Waals surface area contributed by atoms with E-state index in [4.69, 9.17) is 16.2 Å². The number of benzene rings is 1. The summed E-state index contributed by atoms with van der Waals surface area (Å²) in [5, 5.41) is 0. The van der Waals surface area contributed by atoms with Gasteiger partial charge in [-0.2, -0.15) is 0 Å². The minimum Gasteiger partial charge on any atom is -0.485 e. The summed E-state index contributed by atoms with van der Waals surface area (Å²) in [6.07, 6.45) is 0. The second kappa shape index (κ2) is 5.39. The van der Waals surface area contributed by atoms with Gasteiger partial charge < -0.3 is 16.2 Å². The first-order chi connectivity index (χ1) is 9.08. The molecule has 2 rings (SSSR count). The second-order valence-corrected chi connectivity index (χ2v) is 4.15. The van der Waals surface area contributed by atoms with E-state index in [-0.39, 0.29) is 6.61 Å². The molecule has 0 aliphatic heterocycles. The summed E-state index contributed by atoms with van der Waals surface area (Å²) in [5.74, 6) is 0.343. The van der Waals surface area contributed by atoms with Crippen LogP contribution in [0.15, 0.2) is 36.4 Å². The van der Waals surface area contributed by atoms with Crippen LogP contribution in [0.5, 0.6) is 5.75 Å². The number of anilines is 1. The Hall–Kier alpha value is -2.56. The molecule has 0 bridgehead atoms. The van der Waals surface area contributed by atoms with Gasteiger partial charge in [-0.15, -0.1) is 0 Å². The van der Waals surface area contributed by atoms with Crippen LogP contribution in [0.4, 0.5) is 5.82 Å². The number of carbonyl (C=O) groups excluding carboxylic acids is 1. The van der Waals surface area contributed by atoms with E-state index in [1.54, 1.807) is 24.3 Å². The summed E-state index contributed by atoms with van der Waals surface area (Å²) in [5.41, 5.74) is 13.0. The molecule has 0 spiro atoms. The Morgan fingerprint density at radius 3 is 2.68 bits per heavy atom. The van der Waals surface area contributed by atoms with Crippen molar-refractivity contribution in [2.45, 2.75) is 13.5 Å². The maximum Gasteiger partial charge on any atom is 0.249 e. The average Bonchev–Trinajstić information content (AvgIpc) is 2.38. The molecule has 1 heterocycles. The number of amides is 1.